The van der Waals surface area contributed by atoms with Gasteiger partial charge in [0.2, 0.25) is 0 Å². The van der Waals surface area contributed by atoms with Crippen LogP contribution in [0.15, 0.2) is 0 Å². The van der Waals surface area contributed by atoms with Crippen LogP contribution in [0.1, 0.15) is 245 Å². The molecule has 0 saturated heterocycles. The lowest BCUT2D eigenvalue weighted by Gasteiger charge is -2.19. The summed E-state index contributed by atoms with van der Waals surface area (Å²) in [5, 5.41) is 0. The van der Waals surface area contributed by atoms with Gasteiger partial charge in [-0.2, -0.15) is 0 Å². The Balaban J connectivity index is 3.93. The Hall–Kier alpha value is -0.950. The molecule has 53 heavy (non-hydrogen) atoms. The minimum atomic E-state index is -4.27. The number of rotatable bonds is 43. The zero-order chi connectivity index (χ0) is 38.9. The summed E-state index contributed by atoms with van der Waals surface area (Å²) in [4.78, 5) is 34.7. The number of hydrogen-bond donors (Lipinski definition) is 1. The van der Waals surface area contributed by atoms with Crippen LogP contribution in [-0.2, 0) is 32.7 Å². The lowest BCUT2D eigenvalue weighted by molar-refractivity contribution is -0.161. The van der Waals surface area contributed by atoms with Crippen molar-refractivity contribution in [3.05, 3.63) is 0 Å². The Morgan fingerprint density at radius 1 is 0.434 bits per heavy atom. The lowest BCUT2D eigenvalue weighted by atomic mass is 10.0. The van der Waals surface area contributed by atoms with Crippen LogP contribution in [0.25, 0.3) is 0 Å². The first-order valence-corrected chi connectivity index (χ1v) is 24.3. The molecule has 0 rings (SSSR count). The molecule has 0 fully saturated rings. The van der Waals surface area contributed by atoms with E-state index in [1.54, 1.807) is 6.92 Å². The van der Waals surface area contributed by atoms with Gasteiger partial charge in [0.1, 0.15) is 6.61 Å². The highest BCUT2D eigenvalue weighted by Gasteiger charge is 2.25. The van der Waals surface area contributed by atoms with Crippen LogP contribution in [0.3, 0.4) is 0 Å². The highest BCUT2D eigenvalue weighted by Crippen LogP contribution is 2.43. The van der Waals surface area contributed by atoms with E-state index in [-0.39, 0.29) is 32.2 Å². The van der Waals surface area contributed by atoms with Crippen molar-refractivity contribution in [3.8, 4) is 0 Å². The maximum absolute atomic E-state index is 12.6. The molecule has 0 aromatic rings. The minimum Gasteiger partial charge on any atom is -0.462 e. The Bertz CT molecular complexity index is 838. The van der Waals surface area contributed by atoms with E-state index < -0.39 is 19.9 Å². The fraction of sp³-hybridized carbons (Fsp3) is 0.955. The summed E-state index contributed by atoms with van der Waals surface area (Å²) in [6.07, 6.45) is 41.7. The molecular formula is C44H87O8P. The summed E-state index contributed by atoms with van der Waals surface area (Å²) < 4.78 is 32.6. The molecule has 0 heterocycles. The maximum atomic E-state index is 12.6. The van der Waals surface area contributed by atoms with Crippen LogP contribution in [0.4, 0.5) is 0 Å². The largest absolute Gasteiger partial charge is 0.472 e. The molecule has 0 aliphatic heterocycles. The molecule has 9 heteroatoms. The molecule has 316 valence electrons. The summed E-state index contributed by atoms with van der Waals surface area (Å²) >= 11 is 0. The van der Waals surface area contributed by atoms with Gasteiger partial charge in [0.15, 0.2) is 6.10 Å². The van der Waals surface area contributed by atoms with E-state index in [9.17, 15) is 19.0 Å². The van der Waals surface area contributed by atoms with E-state index in [1.165, 1.54) is 173 Å². The normalized spacial score (nSPS) is 13.2. The van der Waals surface area contributed by atoms with Crippen molar-refractivity contribution in [2.45, 2.75) is 252 Å². The number of ether oxygens (including phenoxy) is 2. The summed E-state index contributed by atoms with van der Waals surface area (Å²) in [7, 11) is -4.27. The van der Waals surface area contributed by atoms with Crippen molar-refractivity contribution in [1.82, 2.24) is 0 Å². The molecule has 0 radical (unpaired) electrons. The molecule has 0 aromatic carbocycles. The fourth-order valence-electron chi connectivity index (χ4n) is 6.81. The van der Waals surface area contributed by atoms with E-state index in [2.05, 4.69) is 13.8 Å². The predicted molar refractivity (Wildman–Crippen MR) is 221 cm³/mol. The number of carbonyl (C=O) groups is 2. The topological polar surface area (TPSA) is 108 Å². The van der Waals surface area contributed by atoms with E-state index >= 15 is 0 Å². The molecular weight excluding hydrogens is 687 g/mol. The minimum absolute atomic E-state index is 0.00564. The molecule has 2 atom stereocenters. The van der Waals surface area contributed by atoms with E-state index in [4.69, 9.17) is 18.5 Å². The third kappa shape index (κ3) is 40.5. The molecule has 1 N–H and O–H groups in total. The van der Waals surface area contributed by atoms with Gasteiger partial charge in [-0.15, -0.1) is 0 Å². The van der Waals surface area contributed by atoms with Gasteiger partial charge in [0, 0.05) is 12.8 Å². The average Bonchev–Trinajstić information content (AvgIpc) is 3.13. The zero-order valence-electron chi connectivity index (χ0n) is 35.2. The number of esters is 2. The molecule has 0 bridgehead atoms. The second kappa shape index (κ2) is 40.7. The van der Waals surface area contributed by atoms with Crippen molar-refractivity contribution in [2.24, 2.45) is 0 Å². The predicted octanol–water partition coefficient (Wildman–Crippen LogP) is 14.3. The standard InChI is InChI=1S/C44H87O8P/c1-4-7-9-11-13-15-17-18-19-20-21-22-23-24-25-26-27-29-31-33-35-37-39-44(46)52-42(41-51-53(47,48)50-6-3)40-49-43(45)38-36-34-32-30-28-16-14-12-10-8-5-2/h42H,4-41H2,1-3H3,(H,47,48). The molecule has 0 aliphatic carbocycles. The van der Waals surface area contributed by atoms with Crippen molar-refractivity contribution < 1.29 is 37.6 Å². The third-order valence-corrected chi connectivity index (χ3v) is 11.2. The van der Waals surface area contributed by atoms with Gasteiger partial charge in [-0.25, -0.2) is 4.57 Å². The smallest absolute Gasteiger partial charge is 0.462 e. The van der Waals surface area contributed by atoms with Crippen molar-refractivity contribution in [3.63, 3.8) is 0 Å². The van der Waals surface area contributed by atoms with Gasteiger partial charge < -0.3 is 14.4 Å². The molecule has 8 nitrogen and oxygen atoms in total. The van der Waals surface area contributed by atoms with Gasteiger partial charge in [-0.1, -0.05) is 213 Å². The van der Waals surface area contributed by atoms with E-state index in [0.717, 1.165) is 38.5 Å². The third-order valence-electron chi connectivity index (χ3n) is 10.2. The average molecular weight is 775 g/mol. The van der Waals surface area contributed by atoms with Crippen LogP contribution < -0.4 is 0 Å². The first kappa shape index (κ1) is 52.0. The number of hydrogen-bond acceptors (Lipinski definition) is 7. The van der Waals surface area contributed by atoms with Crippen LogP contribution in [-0.4, -0.2) is 42.8 Å². The summed E-state index contributed by atoms with van der Waals surface area (Å²) in [6.45, 7) is 5.51. The molecule has 0 amide bonds. The fourth-order valence-corrected chi connectivity index (χ4v) is 7.56. The first-order valence-electron chi connectivity index (χ1n) is 22.8. The number of carbonyl (C=O) groups excluding carboxylic acids is 2. The van der Waals surface area contributed by atoms with Gasteiger partial charge in [0.05, 0.1) is 13.2 Å². The van der Waals surface area contributed by atoms with Crippen LogP contribution >= 0.6 is 7.82 Å². The Kier molecular flexibility index (Phi) is 40.0. The van der Waals surface area contributed by atoms with Crippen molar-refractivity contribution >= 4 is 19.8 Å². The van der Waals surface area contributed by atoms with Gasteiger partial charge >= 0.3 is 19.8 Å². The molecule has 0 aromatic heterocycles. The second-order valence-corrected chi connectivity index (χ2v) is 16.9. The quantitative estimate of drug-likeness (QED) is 0.0370. The maximum Gasteiger partial charge on any atom is 0.472 e. The SMILES string of the molecule is CCCCCCCCCCCCCCCCCCCCCCCCC(=O)OC(COC(=O)CCCCCCCCCCCCC)COP(=O)(O)OCC. The van der Waals surface area contributed by atoms with Gasteiger partial charge in [-0.3, -0.25) is 18.6 Å². The molecule has 0 spiro atoms. The van der Waals surface area contributed by atoms with E-state index in [0.29, 0.717) is 6.42 Å². The zero-order valence-corrected chi connectivity index (χ0v) is 36.1. The lowest BCUT2D eigenvalue weighted by Crippen LogP contribution is -2.29. The monoisotopic (exact) mass is 775 g/mol. The number of unbranched alkanes of at least 4 members (excludes halogenated alkanes) is 31. The Morgan fingerprint density at radius 3 is 1.06 bits per heavy atom. The highest BCUT2D eigenvalue weighted by molar-refractivity contribution is 7.47. The Labute approximate surface area is 328 Å². The second-order valence-electron chi connectivity index (χ2n) is 15.4. The van der Waals surface area contributed by atoms with Crippen LogP contribution in [0, 0.1) is 0 Å². The summed E-state index contributed by atoms with van der Waals surface area (Å²) in [6, 6.07) is 0. The Morgan fingerprint density at radius 2 is 0.736 bits per heavy atom. The first-order chi connectivity index (χ1) is 25.8. The van der Waals surface area contributed by atoms with Crippen molar-refractivity contribution in [1.29, 1.82) is 0 Å². The van der Waals surface area contributed by atoms with Crippen LogP contribution in [0.2, 0.25) is 0 Å². The molecule has 2 unspecified atom stereocenters. The number of phosphoric ester groups is 1. The summed E-state index contributed by atoms with van der Waals surface area (Å²) in [5.41, 5.74) is 0. The summed E-state index contributed by atoms with van der Waals surface area (Å²) in [5.74, 6) is -0.782. The number of phosphoric acid groups is 1. The van der Waals surface area contributed by atoms with Gasteiger partial charge in [-0.05, 0) is 19.8 Å². The van der Waals surface area contributed by atoms with Crippen LogP contribution in [0.5, 0.6) is 0 Å². The van der Waals surface area contributed by atoms with Gasteiger partial charge in [0.25, 0.3) is 0 Å². The highest BCUT2D eigenvalue weighted by atomic mass is 31.2. The molecule has 0 saturated carbocycles. The van der Waals surface area contributed by atoms with E-state index in [1.807, 2.05) is 0 Å². The van der Waals surface area contributed by atoms with Crippen molar-refractivity contribution in [2.75, 3.05) is 19.8 Å². The molecule has 0 aliphatic rings.